The summed E-state index contributed by atoms with van der Waals surface area (Å²) < 4.78 is 13.1. The van der Waals surface area contributed by atoms with Crippen LogP contribution in [0.5, 0.6) is 0 Å². The Hall–Kier alpha value is -2.21. The van der Waals surface area contributed by atoms with Crippen molar-refractivity contribution >= 4 is 29.1 Å². The van der Waals surface area contributed by atoms with Crippen LogP contribution in [0.3, 0.4) is 0 Å². The van der Waals surface area contributed by atoms with E-state index in [2.05, 4.69) is 15.3 Å². The Morgan fingerprint density at radius 3 is 2.42 bits per heavy atom. The SMILES string of the molecule is Cc1nc(N(C)C)nc(C)c1NC(=O)CCc1ccc(F)c(Cl)c1. The number of nitrogens with one attached hydrogen (secondary N) is 1. The van der Waals surface area contributed by atoms with Gasteiger partial charge in [-0.1, -0.05) is 17.7 Å². The van der Waals surface area contributed by atoms with Gasteiger partial charge in [0.25, 0.3) is 0 Å². The summed E-state index contributed by atoms with van der Waals surface area (Å²) in [5.41, 5.74) is 2.86. The van der Waals surface area contributed by atoms with Crippen LogP contribution in [0.25, 0.3) is 0 Å². The molecule has 1 amide bonds. The minimum atomic E-state index is -0.464. The smallest absolute Gasteiger partial charge is 0.225 e. The van der Waals surface area contributed by atoms with Gasteiger partial charge in [0, 0.05) is 20.5 Å². The van der Waals surface area contributed by atoms with Gasteiger partial charge >= 0.3 is 0 Å². The first-order valence-corrected chi connectivity index (χ1v) is 7.92. The lowest BCUT2D eigenvalue weighted by Crippen LogP contribution is -2.18. The van der Waals surface area contributed by atoms with E-state index in [4.69, 9.17) is 11.6 Å². The highest BCUT2D eigenvalue weighted by Gasteiger charge is 2.13. The summed E-state index contributed by atoms with van der Waals surface area (Å²) in [6.45, 7) is 3.66. The molecule has 2 rings (SSSR count). The van der Waals surface area contributed by atoms with E-state index in [0.29, 0.717) is 29.4 Å². The largest absolute Gasteiger partial charge is 0.347 e. The number of aryl methyl sites for hydroxylation is 3. The normalized spacial score (nSPS) is 10.6. The lowest BCUT2D eigenvalue weighted by Gasteiger charge is -2.15. The van der Waals surface area contributed by atoms with Crippen LogP contribution in [-0.4, -0.2) is 30.0 Å². The van der Waals surface area contributed by atoms with Crippen LogP contribution in [0.1, 0.15) is 23.4 Å². The van der Waals surface area contributed by atoms with Gasteiger partial charge in [-0.2, -0.15) is 0 Å². The Balaban J connectivity index is 2.03. The molecule has 1 aromatic carbocycles. The van der Waals surface area contributed by atoms with E-state index < -0.39 is 5.82 Å². The molecule has 1 N–H and O–H groups in total. The predicted molar refractivity (Wildman–Crippen MR) is 94.2 cm³/mol. The average Bonchev–Trinajstić information content (AvgIpc) is 2.51. The highest BCUT2D eigenvalue weighted by atomic mass is 35.5. The van der Waals surface area contributed by atoms with Crippen LogP contribution < -0.4 is 10.2 Å². The van der Waals surface area contributed by atoms with E-state index in [9.17, 15) is 9.18 Å². The molecule has 128 valence electrons. The number of aromatic nitrogens is 2. The minimum absolute atomic E-state index is 0.0623. The zero-order valence-electron chi connectivity index (χ0n) is 14.2. The lowest BCUT2D eigenvalue weighted by atomic mass is 10.1. The molecule has 1 heterocycles. The van der Waals surface area contributed by atoms with Gasteiger partial charge in [-0.05, 0) is 38.0 Å². The highest BCUT2D eigenvalue weighted by Crippen LogP contribution is 2.21. The van der Waals surface area contributed by atoms with E-state index in [-0.39, 0.29) is 17.4 Å². The number of carbonyl (C=O) groups is 1. The first kappa shape index (κ1) is 18.1. The molecule has 0 aliphatic rings. The van der Waals surface area contributed by atoms with Crippen LogP contribution in [-0.2, 0) is 11.2 Å². The molecular weight excluding hydrogens is 331 g/mol. The van der Waals surface area contributed by atoms with Gasteiger partial charge < -0.3 is 10.2 Å². The maximum Gasteiger partial charge on any atom is 0.225 e. The van der Waals surface area contributed by atoms with Crippen molar-refractivity contribution in [2.24, 2.45) is 0 Å². The van der Waals surface area contributed by atoms with Crippen LogP contribution in [0.2, 0.25) is 5.02 Å². The molecule has 0 aliphatic carbocycles. The fourth-order valence-corrected chi connectivity index (χ4v) is 2.44. The molecule has 5 nitrogen and oxygen atoms in total. The summed E-state index contributed by atoms with van der Waals surface area (Å²) in [7, 11) is 3.72. The summed E-state index contributed by atoms with van der Waals surface area (Å²) in [5, 5.41) is 2.91. The second-order valence-electron chi connectivity index (χ2n) is 5.76. The monoisotopic (exact) mass is 350 g/mol. The number of nitrogens with zero attached hydrogens (tertiary/aromatic N) is 3. The Labute approximate surface area is 145 Å². The Bertz CT molecular complexity index is 741. The van der Waals surface area contributed by atoms with E-state index in [1.54, 1.807) is 6.07 Å². The molecule has 1 aromatic heterocycles. The maximum absolute atomic E-state index is 13.1. The number of carbonyl (C=O) groups excluding carboxylic acids is 1. The van der Waals surface area contributed by atoms with Gasteiger partial charge in [0.2, 0.25) is 11.9 Å². The first-order valence-electron chi connectivity index (χ1n) is 7.54. The number of rotatable bonds is 5. The molecule has 0 saturated heterocycles. The molecule has 0 aliphatic heterocycles. The molecule has 24 heavy (non-hydrogen) atoms. The molecule has 0 bridgehead atoms. The van der Waals surface area contributed by atoms with Crippen molar-refractivity contribution in [1.29, 1.82) is 0 Å². The van der Waals surface area contributed by atoms with Gasteiger partial charge in [0.1, 0.15) is 5.82 Å². The van der Waals surface area contributed by atoms with Gasteiger partial charge in [-0.25, -0.2) is 14.4 Å². The van der Waals surface area contributed by atoms with E-state index in [0.717, 1.165) is 5.56 Å². The molecule has 0 unspecified atom stereocenters. The fourth-order valence-electron chi connectivity index (χ4n) is 2.23. The summed E-state index contributed by atoms with van der Waals surface area (Å²) in [6, 6.07) is 4.47. The Morgan fingerprint density at radius 2 is 1.88 bits per heavy atom. The number of amides is 1. The Kier molecular flexibility index (Phi) is 5.72. The van der Waals surface area contributed by atoms with Gasteiger partial charge in [-0.15, -0.1) is 0 Å². The average molecular weight is 351 g/mol. The van der Waals surface area contributed by atoms with Crippen molar-refractivity contribution < 1.29 is 9.18 Å². The number of hydrogen-bond acceptors (Lipinski definition) is 4. The van der Waals surface area contributed by atoms with E-state index in [1.165, 1.54) is 12.1 Å². The minimum Gasteiger partial charge on any atom is -0.347 e. The lowest BCUT2D eigenvalue weighted by molar-refractivity contribution is -0.116. The van der Waals surface area contributed by atoms with Crippen molar-refractivity contribution in [3.8, 4) is 0 Å². The second kappa shape index (κ2) is 7.57. The molecule has 0 fully saturated rings. The summed E-state index contributed by atoms with van der Waals surface area (Å²) >= 11 is 5.74. The zero-order chi connectivity index (χ0) is 17.9. The van der Waals surface area contributed by atoms with Crippen molar-refractivity contribution in [3.05, 3.63) is 46.0 Å². The second-order valence-corrected chi connectivity index (χ2v) is 6.17. The molecule has 0 saturated carbocycles. The van der Waals surface area contributed by atoms with Crippen molar-refractivity contribution in [2.75, 3.05) is 24.3 Å². The summed E-state index contributed by atoms with van der Waals surface area (Å²) in [4.78, 5) is 22.7. The van der Waals surface area contributed by atoms with Crippen LogP contribution in [0.15, 0.2) is 18.2 Å². The zero-order valence-corrected chi connectivity index (χ0v) is 14.9. The number of hydrogen-bond donors (Lipinski definition) is 1. The summed E-state index contributed by atoms with van der Waals surface area (Å²) in [5.74, 6) is -0.0129. The number of benzene rings is 1. The van der Waals surface area contributed by atoms with Gasteiger partial charge in [-0.3, -0.25) is 4.79 Å². The van der Waals surface area contributed by atoms with Crippen molar-refractivity contribution in [3.63, 3.8) is 0 Å². The maximum atomic E-state index is 13.1. The number of anilines is 2. The Morgan fingerprint density at radius 1 is 1.25 bits per heavy atom. The summed E-state index contributed by atoms with van der Waals surface area (Å²) in [6.07, 6.45) is 0.733. The third kappa shape index (κ3) is 4.41. The first-order chi connectivity index (χ1) is 11.3. The quantitative estimate of drug-likeness (QED) is 0.896. The third-order valence-electron chi connectivity index (χ3n) is 3.55. The van der Waals surface area contributed by atoms with Crippen molar-refractivity contribution in [2.45, 2.75) is 26.7 Å². The highest BCUT2D eigenvalue weighted by molar-refractivity contribution is 6.30. The van der Waals surface area contributed by atoms with Crippen LogP contribution in [0.4, 0.5) is 16.0 Å². The van der Waals surface area contributed by atoms with Gasteiger partial charge in [0.15, 0.2) is 0 Å². The predicted octanol–water partition coefficient (Wildman–Crippen LogP) is 3.52. The molecule has 0 atom stereocenters. The third-order valence-corrected chi connectivity index (χ3v) is 3.84. The molecule has 2 aromatic rings. The van der Waals surface area contributed by atoms with E-state index >= 15 is 0 Å². The number of halogens is 2. The molecule has 0 radical (unpaired) electrons. The fraction of sp³-hybridized carbons (Fsp3) is 0.353. The van der Waals surface area contributed by atoms with E-state index in [1.807, 2.05) is 32.8 Å². The topological polar surface area (TPSA) is 58.1 Å². The van der Waals surface area contributed by atoms with Crippen molar-refractivity contribution in [1.82, 2.24) is 9.97 Å². The van der Waals surface area contributed by atoms with Crippen LogP contribution >= 0.6 is 11.6 Å². The van der Waals surface area contributed by atoms with Crippen LogP contribution in [0, 0.1) is 19.7 Å². The molecule has 7 heteroatoms. The molecule has 0 spiro atoms. The van der Waals surface area contributed by atoms with Gasteiger partial charge in [0.05, 0.1) is 22.1 Å². The standard InChI is InChI=1S/C17H20ClFN4O/c1-10-16(11(2)21-17(20-10)23(3)4)22-15(24)8-6-12-5-7-14(19)13(18)9-12/h5,7,9H,6,8H2,1-4H3,(H,22,24). The molecular formula is C17H20ClFN4O.